The van der Waals surface area contributed by atoms with Crippen LogP contribution >= 0.6 is 35.6 Å². The van der Waals surface area contributed by atoms with E-state index in [0.717, 1.165) is 31.2 Å². The van der Waals surface area contributed by atoms with E-state index in [1.165, 1.54) is 12.1 Å². The van der Waals surface area contributed by atoms with Crippen molar-refractivity contribution in [2.45, 2.75) is 58.0 Å². The lowest BCUT2D eigenvalue weighted by Gasteiger charge is -2.30. The number of hydrogen-bond acceptors (Lipinski definition) is 2. The second kappa shape index (κ2) is 12.5. The molecule has 3 N–H and O–H groups in total. The van der Waals surface area contributed by atoms with E-state index in [0.29, 0.717) is 23.9 Å². The summed E-state index contributed by atoms with van der Waals surface area (Å²) < 4.78 is 13.1. The molecule has 158 valence electrons. The molecule has 28 heavy (non-hydrogen) atoms. The Morgan fingerprint density at radius 1 is 1.36 bits per heavy atom. The molecule has 0 heterocycles. The number of guanidine groups is 1. The van der Waals surface area contributed by atoms with Crippen LogP contribution in [0.3, 0.4) is 0 Å². The minimum atomic E-state index is -0.331. The summed E-state index contributed by atoms with van der Waals surface area (Å²) in [6.45, 7) is 4.60. The molecule has 0 radical (unpaired) electrons. The molecule has 0 aliphatic heterocycles. The van der Waals surface area contributed by atoms with E-state index < -0.39 is 0 Å². The number of benzene rings is 1. The first-order valence-corrected chi connectivity index (χ1v) is 9.98. The summed E-state index contributed by atoms with van der Waals surface area (Å²) in [6, 6.07) is 4.84. The highest BCUT2D eigenvalue weighted by atomic mass is 127. The normalized spacial score (nSPS) is 19.7. The molecular weight excluding hydrogens is 494 g/mol. The number of aliphatic imine (C=N–C) groups is 1. The Kier molecular flexibility index (Phi) is 11.1. The quantitative estimate of drug-likeness (QED) is 0.301. The van der Waals surface area contributed by atoms with E-state index in [-0.39, 0.29) is 53.7 Å². The van der Waals surface area contributed by atoms with Crippen LogP contribution in [0.1, 0.15) is 45.1 Å². The molecule has 8 heteroatoms. The van der Waals surface area contributed by atoms with E-state index in [1.807, 2.05) is 13.8 Å². The minimum absolute atomic E-state index is 0. The molecule has 5 nitrogen and oxygen atoms in total. The summed E-state index contributed by atoms with van der Waals surface area (Å²) in [5.41, 5.74) is 0.893. The maximum Gasteiger partial charge on any atom is 0.223 e. The lowest BCUT2D eigenvalue weighted by Crippen LogP contribution is -2.47. The topological polar surface area (TPSA) is 65.5 Å². The molecule has 1 saturated carbocycles. The SMILES string of the molecule is CN=C(NCCc1ccc(F)cc1Cl)NC1CCCC(C(=O)NC(C)C)C1.I. The fourth-order valence-corrected chi connectivity index (χ4v) is 3.65. The van der Waals surface area contributed by atoms with Crippen LogP contribution in [0.25, 0.3) is 0 Å². The number of nitrogens with one attached hydrogen (secondary N) is 3. The Hall–Kier alpha value is -1.09. The van der Waals surface area contributed by atoms with Gasteiger partial charge in [-0.3, -0.25) is 9.79 Å². The molecular formula is C20H31ClFIN4O. The molecule has 0 saturated heterocycles. The molecule has 1 aliphatic rings. The highest BCUT2D eigenvalue weighted by Crippen LogP contribution is 2.24. The summed E-state index contributed by atoms with van der Waals surface area (Å²) in [5.74, 6) is 0.575. The zero-order chi connectivity index (χ0) is 19.8. The van der Waals surface area contributed by atoms with Crippen LogP contribution in [0, 0.1) is 11.7 Å². The lowest BCUT2D eigenvalue weighted by atomic mass is 9.85. The Bertz CT molecular complexity index is 672. The third-order valence-electron chi connectivity index (χ3n) is 4.74. The van der Waals surface area contributed by atoms with Gasteiger partial charge in [-0.05, 0) is 57.2 Å². The Labute approximate surface area is 189 Å². The summed E-state index contributed by atoms with van der Waals surface area (Å²) >= 11 is 6.06. The number of halogens is 3. The summed E-state index contributed by atoms with van der Waals surface area (Å²) in [6.07, 6.45) is 4.46. The van der Waals surface area contributed by atoms with Gasteiger partial charge in [0.1, 0.15) is 5.82 Å². The van der Waals surface area contributed by atoms with Crippen LogP contribution in [-0.2, 0) is 11.2 Å². The van der Waals surface area contributed by atoms with E-state index in [1.54, 1.807) is 13.1 Å². The number of hydrogen-bond donors (Lipinski definition) is 3. The van der Waals surface area contributed by atoms with Crippen LogP contribution in [0.2, 0.25) is 5.02 Å². The first-order chi connectivity index (χ1) is 12.9. The number of amides is 1. The fourth-order valence-electron chi connectivity index (χ4n) is 3.39. The van der Waals surface area contributed by atoms with Crippen LogP contribution in [0.15, 0.2) is 23.2 Å². The van der Waals surface area contributed by atoms with Crippen LogP contribution in [-0.4, -0.2) is 37.5 Å². The molecule has 2 atom stereocenters. The fraction of sp³-hybridized carbons (Fsp3) is 0.600. The van der Waals surface area contributed by atoms with Gasteiger partial charge in [-0.25, -0.2) is 4.39 Å². The monoisotopic (exact) mass is 524 g/mol. The highest BCUT2D eigenvalue weighted by molar-refractivity contribution is 14.0. The Morgan fingerprint density at radius 3 is 2.75 bits per heavy atom. The first kappa shape index (κ1) is 24.9. The summed E-state index contributed by atoms with van der Waals surface area (Å²) in [4.78, 5) is 16.5. The van der Waals surface area contributed by atoms with Gasteiger partial charge in [0.25, 0.3) is 0 Å². The predicted octanol–water partition coefficient (Wildman–Crippen LogP) is 3.89. The number of rotatable bonds is 6. The average Bonchev–Trinajstić information content (AvgIpc) is 2.62. The van der Waals surface area contributed by atoms with Gasteiger partial charge >= 0.3 is 0 Å². The van der Waals surface area contributed by atoms with Gasteiger partial charge in [-0.1, -0.05) is 24.1 Å². The van der Waals surface area contributed by atoms with Gasteiger partial charge in [-0.15, -0.1) is 24.0 Å². The molecule has 1 amide bonds. The zero-order valence-electron chi connectivity index (χ0n) is 16.7. The lowest BCUT2D eigenvalue weighted by molar-refractivity contribution is -0.126. The van der Waals surface area contributed by atoms with E-state index in [9.17, 15) is 9.18 Å². The van der Waals surface area contributed by atoms with Crippen molar-refractivity contribution in [3.8, 4) is 0 Å². The summed E-state index contributed by atoms with van der Waals surface area (Å²) in [7, 11) is 1.73. The van der Waals surface area contributed by atoms with Gasteiger partial charge in [0.15, 0.2) is 5.96 Å². The molecule has 2 rings (SSSR count). The standard InChI is InChI=1S/C20H30ClFN4O.HI/c1-13(2)25-19(27)15-5-4-6-17(11-15)26-20(23-3)24-10-9-14-7-8-16(22)12-18(14)21;/h7-8,12-13,15,17H,4-6,9-11H2,1-3H3,(H,25,27)(H2,23,24,26);1H. The van der Waals surface area contributed by atoms with Gasteiger partial charge in [0, 0.05) is 36.6 Å². The molecule has 0 aromatic heterocycles. The van der Waals surface area contributed by atoms with Gasteiger partial charge in [0.2, 0.25) is 5.91 Å². The second-order valence-electron chi connectivity index (χ2n) is 7.35. The van der Waals surface area contributed by atoms with Crippen molar-refractivity contribution in [1.82, 2.24) is 16.0 Å². The van der Waals surface area contributed by atoms with Crippen molar-refractivity contribution < 1.29 is 9.18 Å². The van der Waals surface area contributed by atoms with Crippen LogP contribution in [0.4, 0.5) is 4.39 Å². The summed E-state index contributed by atoms with van der Waals surface area (Å²) in [5, 5.41) is 10.1. The maximum absolute atomic E-state index is 13.1. The maximum atomic E-state index is 13.1. The average molecular weight is 525 g/mol. The number of carbonyl (C=O) groups is 1. The van der Waals surface area contributed by atoms with Crippen molar-refractivity contribution in [2.24, 2.45) is 10.9 Å². The minimum Gasteiger partial charge on any atom is -0.356 e. The van der Waals surface area contributed by atoms with Gasteiger partial charge < -0.3 is 16.0 Å². The van der Waals surface area contributed by atoms with Crippen molar-refractivity contribution in [2.75, 3.05) is 13.6 Å². The van der Waals surface area contributed by atoms with Gasteiger partial charge in [-0.2, -0.15) is 0 Å². The van der Waals surface area contributed by atoms with Crippen molar-refractivity contribution in [3.63, 3.8) is 0 Å². The largest absolute Gasteiger partial charge is 0.356 e. The number of carbonyl (C=O) groups excluding carboxylic acids is 1. The van der Waals surface area contributed by atoms with Crippen molar-refractivity contribution in [1.29, 1.82) is 0 Å². The Balaban J connectivity index is 0.00000392. The second-order valence-corrected chi connectivity index (χ2v) is 7.76. The molecule has 1 aromatic rings. The molecule has 1 aliphatic carbocycles. The molecule has 1 fully saturated rings. The smallest absolute Gasteiger partial charge is 0.223 e. The molecule has 2 unspecified atom stereocenters. The van der Waals surface area contributed by atoms with E-state index in [2.05, 4.69) is 20.9 Å². The first-order valence-electron chi connectivity index (χ1n) is 9.60. The van der Waals surface area contributed by atoms with Gasteiger partial charge in [0.05, 0.1) is 0 Å². The third kappa shape index (κ3) is 8.11. The van der Waals surface area contributed by atoms with E-state index in [4.69, 9.17) is 11.6 Å². The highest BCUT2D eigenvalue weighted by Gasteiger charge is 2.27. The molecule has 0 spiro atoms. The predicted molar refractivity (Wildman–Crippen MR) is 124 cm³/mol. The Morgan fingerprint density at radius 2 is 2.11 bits per heavy atom. The molecule has 1 aromatic carbocycles. The van der Waals surface area contributed by atoms with Crippen LogP contribution < -0.4 is 16.0 Å². The zero-order valence-corrected chi connectivity index (χ0v) is 19.8. The van der Waals surface area contributed by atoms with Crippen LogP contribution in [0.5, 0.6) is 0 Å². The third-order valence-corrected chi connectivity index (χ3v) is 5.09. The van der Waals surface area contributed by atoms with Crippen molar-refractivity contribution >= 4 is 47.4 Å². The number of nitrogens with zero attached hydrogens (tertiary/aromatic N) is 1. The molecule has 0 bridgehead atoms. The van der Waals surface area contributed by atoms with Crippen molar-refractivity contribution in [3.05, 3.63) is 34.6 Å². The van der Waals surface area contributed by atoms with E-state index >= 15 is 0 Å².